The van der Waals surface area contributed by atoms with E-state index in [0.717, 1.165) is 31.5 Å². The molecule has 1 aliphatic heterocycles. The highest BCUT2D eigenvalue weighted by Gasteiger charge is 2.30. The Morgan fingerprint density at radius 2 is 1.80 bits per heavy atom. The summed E-state index contributed by atoms with van der Waals surface area (Å²) in [5.41, 5.74) is 7.34. The van der Waals surface area contributed by atoms with E-state index in [9.17, 15) is 4.79 Å². The summed E-state index contributed by atoms with van der Waals surface area (Å²) >= 11 is 0. The van der Waals surface area contributed by atoms with Crippen LogP contribution in [-0.4, -0.2) is 48.4 Å². The first-order chi connectivity index (χ1) is 11.0. The molecule has 1 aromatic rings. The van der Waals surface area contributed by atoms with Gasteiger partial charge in [0.15, 0.2) is 0 Å². The van der Waals surface area contributed by atoms with Crippen molar-refractivity contribution < 1.29 is 4.79 Å². The smallest absolute Gasteiger partial charge is 0.227 e. The van der Waals surface area contributed by atoms with Crippen LogP contribution in [0.2, 0.25) is 0 Å². The van der Waals surface area contributed by atoms with E-state index in [1.807, 2.05) is 49.2 Å². The molecule has 0 saturated carbocycles. The number of nitrogens with two attached hydrogens (primary N) is 1. The van der Waals surface area contributed by atoms with Gasteiger partial charge >= 0.3 is 0 Å². The van der Waals surface area contributed by atoms with E-state index in [-0.39, 0.29) is 42.7 Å². The molecule has 144 valence electrons. The summed E-state index contributed by atoms with van der Waals surface area (Å²) in [4.78, 5) is 17.2. The van der Waals surface area contributed by atoms with Crippen molar-refractivity contribution in [2.75, 3.05) is 26.7 Å². The van der Waals surface area contributed by atoms with Crippen molar-refractivity contribution in [3.63, 3.8) is 0 Å². The van der Waals surface area contributed by atoms with Crippen LogP contribution in [0.25, 0.3) is 0 Å². The molecule has 1 fully saturated rings. The molecule has 1 amide bonds. The average molecular weight is 390 g/mol. The number of benzene rings is 1. The zero-order chi connectivity index (χ0) is 16.8. The minimum Gasteiger partial charge on any atom is -0.342 e. The Morgan fingerprint density at radius 3 is 2.32 bits per heavy atom. The summed E-state index contributed by atoms with van der Waals surface area (Å²) in [5.74, 6) is -0.0358. The van der Waals surface area contributed by atoms with Gasteiger partial charge in [-0.25, -0.2) is 0 Å². The monoisotopic (exact) mass is 389 g/mol. The average Bonchev–Trinajstić information content (AvgIpc) is 2.61. The molecule has 0 aliphatic carbocycles. The van der Waals surface area contributed by atoms with E-state index < -0.39 is 0 Å². The van der Waals surface area contributed by atoms with Crippen molar-refractivity contribution in [1.29, 1.82) is 0 Å². The Hall–Kier alpha value is -0.810. The van der Waals surface area contributed by atoms with Crippen LogP contribution in [0.15, 0.2) is 30.3 Å². The molecule has 2 rings (SSSR count). The number of likely N-dealkylation sites (tertiary alicyclic amines) is 1. The molecule has 2 N–H and O–H groups in total. The second-order valence-electron chi connectivity index (χ2n) is 6.75. The summed E-state index contributed by atoms with van der Waals surface area (Å²) < 4.78 is 0. The van der Waals surface area contributed by atoms with Gasteiger partial charge < -0.3 is 15.5 Å². The lowest BCUT2D eigenvalue weighted by Crippen LogP contribution is -2.48. The molecule has 2 atom stereocenters. The number of carbonyl (C=O) groups excluding carboxylic acids is 1. The standard InChI is InChI=1S/C19H31N3O.2ClH/c1-4-12-22-13-10-17(11-14-22)21(3)19(23)15(2)18(20)16-8-6-5-7-9-16;;/h5-9,15,17-18H,4,10-14,20H2,1-3H3;2*1H. The topological polar surface area (TPSA) is 49.6 Å². The second kappa shape index (κ2) is 11.7. The Kier molecular flexibility index (Phi) is 11.4. The number of carbonyl (C=O) groups is 1. The first kappa shape index (κ1) is 24.2. The van der Waals surface area contributed by atoms with Crippen LogP contribution in [0.1, 0.15) is 44.7 Å². The van der Waals surface area contributed by atoms with Gasteiger partial charge in [0.1, 0.15) is 0 Å². The minimum absolute atomic E-state index is 0. The van der Waals surface area contributed by atoms with Crippen LogP contribution in [0.3, 0.4) is 0 Å². The number of hydrogen-bond acceptors (Lipinski definition) is 3. The maximum absolute atomic E-state index is 12.8. The lowest BCUT2D eigenvalue weighted by atomic mass is 9.93. The van der Waals surface area contributed by atoms with Crippen molar-refractivity contribution >= 4 is 30.7 Å². The van der Waals surface area contributed by atoms with Crippen LogP contribution < -0.4 is 5.73 Å². The van der Waals surface area contributed by atoms with Crippen LogP contribution in [0.5, 0.6) is 0 Å². The fourth-order valence-corrected chi connectivity index (χ4v) is 3.47. The van der Waals surface area contributed by atoms with E-state index in [0.29, 0.717) is 6.04 Å². The highest BCUT2D eigenvalue weighted by atomic mass is 35.5. The van der Waals surface area contributed by atoms with Gasteiger partial charge in [0, 0.05) is 32.2 Å². The summed E-state index contributed by atoms with van der Waals surface area (Å²) in [6.07, 6.45) is 3.33. The third-order valence-corrected chi connectivity index (χ3v) is 5.10. The van der Waals surface area contributed by atoms with E-state index in [4.69, 9.17) is 5.73 Å². The van der Waals surface area contributed by atoms with Gasteiger partial charge in [0.05, 0.1) is 5.92 Å². The van der Waals surface area contributed by atoms with Gasteiger partial charge in [-0.1, -0.05) is 44.2 Å². The van der Waals surface area contributed by atoms with E-state index in [1.165, 1.54) is 13.0 Å². The highest BCUT2D eigenvalue weighted by molar-refractivity contribution is 5.85. The van der Waals surface area contributed by atoms with E-state index in [1.54, 1.807) is 0 Å². The van der Waals surface area contributed by atoms with Crippen LogP contribution >= 0.6 is 24.8 Å². The zero-order valence-electron chi connectivity index (χ0n) is 15.6. The predicted octanol–water partition coefficient (Wildman–Crippen LogP) is 3.50. The van der Waals surface area contributed by atoms with Gasteiger partial charge in [0.25, 0.3) is 0 Å². The van der Waals surface area contributed by atoms with Crippen LogP contribution in [-0.2, 0) is 4.79 Å². The highest BCUT2D eigenvalue weighted by Crippen LogP contribution is 2.23. The van der Waals surface area contributed by atoms with Gasteiger partial charge in [-0.2, -0.15) is 0 Å². The van der Waals surface area contributed by atoms with E-state index >= 15 is 0 Å². The normalized spacial score (nSPS) is 17.8. The quantitative estimate of drug-likeness (QED) is 0.809. The molecular formula is C19H33Cl2N3O. The SMILES string of the molecule is CCCN1CCC(N(C)C(=O)C(C)C(N)c2ccccc2)CC1.Cl.Cl. The number of rotatable bonds is 6. The molecular weight excluding hydrogens is 357 g/mol. The lowest BCUT2D eigenvalue weighted by Gasteiger charge is -2.38. The lowest BCUT2D eigenvalue weighted by molar-refractivity contribution is -0.137. The maximum atomic E-state index is 12.8. The van der Waals surface area contributed by atoms with Crippen molar-refractivity contribution in [2.24, 2.45) is 11.7 Å². The van der Waals surface area contributed by atoms with Gasteiger partial charge in [-0.05, 0) is 31.4 Å². The predicted molar refractivity (Wildman–Crippen MR) is 110 cm³/mol. The fourth-order valence-electron chi connectivity index (χ4n) is 3.47. The van der Waals surface area contributed by atoms with Gasteiger partial charge in [-0.3, -0.25) is 4.79 Å². The summed E-state index contributed by atoms with van der Waals surface area (Å²) in [5, 5.41) is 0. The third kappa shape index (κ3) is 6.45. The zero-order valence-corrected chi connectivity index (χ0v) is 17.2. The molecule has 1 aromatic carbocycles. The number of piperidine rings is 1. The molecule has 2 unspecified atom stereocenters. The molecule has 0 bridgehead atoms. The summed E-state index contributed by atoms with van der Waals surface area (Å²) in [6, 6.07) is 10.0. The maximum Gasteiger partial charge on any atom is 0.227 e. The Morgan fingerprint density at radius 1 is 1.24 bits per heavy atom. The molecule has 25 heavy (non-hydrogen) atoms. The van der Waals surface area contributed by atoms with Crippen molar-refractivity contribution in [3.8, 4) is 0 Å². The Labute approximate surface area is 164 Å². The molecule has 1 aliphatic rings. The molecule has 0 radical (unpaired) electrons. The fraction of sp³-hybridized carbons (Fsp3) is 0.632. The molecule has 0 spiro atoms. The summed E-state index contributed by atoms with van der Waals surface area (Å²) in [6.45, 7) is 7.52. The van der Waals surface area contributed by atoms with Crippen molar-refractivity contribution in [1.82, 2.24) is 9.80 Å². The molecule has 0 aromatic heterocycles. The number of hydrogen-bond donors (Lipinski definition) is 1. The largest absolute Gasteiger partial charge is 0.342 e. The Bertz CT molecular complexity index is 493. The van der Waals surface area contributed by atoms with E-state index in [2.05, 4.69) is 11.8 Å². The van der Waals surface area contributed by atoms with Crippen molar-refractivity contribution in [3.05, 3.63) is 35.9 Å². The molecule has 1 heterocycles. The van der Waals surface area contributed by atoms with Crippen LogP contribution in [0, 0.1) is 5.92 Å². The Balaban J connectivity index is 0.00000288. The first-order valence-corrected chi connectivity index (χ1v) is 8.84. The molecule has 1 saturated heterocycles. The number of halogens is 2. The summed E-state index contributed by atoms with van der Waals surface area (Å²) in [7, 11) is 1.94. The second-order valence-corrected chi connectivity index (χ2v) is 6.75. The van der Waals surface area contributed by atoms with Crippen LogP contribution in [0.4, 0.5) is 0 Å². The molecule has 4 nitrogen and oxygen atoms in total. The third-order valence-electron chi connectivity index (χ3n) is 5.10. The van der Waals surface area contributed by atoms with Gasteiger partial charge in [0.2, 0.25) is 5.91 Å². The first-order valence-electron chi connectivity index (χ1n) is 8.84. The van der Waals surface area contributed by atoms with Crippen molar-refractivity contribution in [2.45, 2.75) is 45.2 Å². The number of nitrogens with zero attached hydrogens (tertiary/aromatic N) is 2. The minimum atomic E-state index is -0.244. The van der Waals surface area contributed by atoms with Gasteiger partial charge in [-0.15, -0.1) is 24.8 Å². The molecule has 6 heteroatoms. The number of amides is 1.